The standard InChI is InChI=1S/C20H24N2O2/c1-3-24-19-8-5-13(2)11-15(19)14-6-7-18-16-12-17(16)21-9-4-10-22(18)20(14)23/h5-8,11,16-17,21H,3-4,9-10,12H2,1-2H3. The van der Waals surface area contributed by atoms with Gasteiger partial charge in [0.1, 0.15) is 5.75 Å². The Hall–Kier alpha value is -2.07. The molecule has 1 aromatic heterocycles. The number of rotatable bonds is 3. The molecule has 0 radical (unpaired) electrons. The zero-order chi connectivity index (χ0) is 16.7. The number of benzene rings is 1. The highest BCUT2D eigenvalue weighted by atomic mass is 16.5. The van der Waals surface area contributed by atoms with Crippen LogP contribution in [0.15, 0.2) is 35.1 Å². The Balaban J connectivity index is 1.84. The summed E-state index contributed by atoms with van der Waals surface area (Å²) in [4.78, 5) is 13.2. The van der Waals surface area contributed by atoms with Gasteiger partial charge in [-0.25, -0.2) is 0 Å². The Kier molecular flexibility index (Phi) is 3.93. The molecule has 2 heterocycles. The lowest BCUT2D eigenvalue weighted by atomic mass is 10.0. The predicted octanol–water partition coefficient (Wildman–Crippen LogP) is 3.07. The summed E-state index contributed by atoms with van der Waals surface area (Å²) in [5.74, 6) is 1.29. The zero-order valence-electron chi connectivity index (χ0n) is 14.3. The lowest BCUT2D eigenvalue weighted by molar-refractivity contribution is 0.341. The molecule has 1 saturated carbocycles. The Labute approximate surface area is 142 Å². The fourth-order valence-corrected chi connectivity index (χ4v) is 3.76. The van der Waals surface area contributed by atoms with Crippen molar-refractivity contribution in [1.29, 1.82) is 0 Å². The van der Waals surface area contributed by atoms with Gasteiger partial charge in [0.05, 0.1) is 12.2 Å². The van der Waals surface area contributed by atoms with E-state index in [1.54, 1.807) is 0 Å². The Morgan fingerprint density at radius 2 is 2.12 bits per heavy atom. The molecule has 1 aliphatic heterocycles. The average Bonchev–Trinajstić information content (AvgIpc) is 3.31. The fourth-order valence-electron chi connectivity index (χ4n) is 3.76. The number of nitrogens with zero attached hydrogens (tertiary/aromatic N) is 1. The highest BCUT2D eigenvalue weighted by Gasteiger charge is 2.40. The van der Waals surface area contributed by atoms with Gasteiger partial charge in [-0.05, 0) is 57.5 Å². The zero-order valence-corrected chi connectivity index (χ0v) is 14.3. The van der Waals surface area contributed by atoms with Gasteiger partial charge < -0.3 is 14.6 Å². The van der Waals surface area contributed by atoms with Crippen LogP contribution in [0.1, 0.15) is 36.9 Å². The van der Waals surface area contributed by atoms with Crippen LogP contribution in [0.2, 0.25) is 0 Å². The minimum absolute atomic E-state index is 0.117. The van der Waals surface area contributed by atoms with Crippen LogP contribution in [0, 0.1) is 6.92 Å². The summed E-state index contributed by atoms with van der Waals surface area (Å²) in [6, 6.07) is 10.7. The van der Waals surface area contributed by atoms with Gasteiger partial charge in [-0.15, -0.1) is 0 Å². The molecular formula is C20H24N2O2. The first-order valence-electron chi connectivity index (χ1n) is 8.90. The van der Waals surface area contributed by atoms with Crippen molar-refractivity contribution >= 4 is 0 Å². The Bertz CT molecular complexity index is 825. The second-order valence-corrected chi connectivity index (χ2v) is 6.82. The third kappa shape index (κ3) is 2.65. The van der Waals surface area contributed by atoms with Crippen molar-refractivity contribution in [3.8, 4) is 16.9 Å². The molecule has 2 atom stereocenters. The van der Waals surface area contributed by atoms with Gasteiger partial charge in [-0.2, -0.15) is 0 Å². The van der Waals surface area contributed by atoms with Crippen molar-refractivity contribution in [2.75, 3.05) is 13.2 Å². The minimum atomic E-state index is 0.117. The predicted molar refractivity (Wildman–Crippen MR) is 95.8 cm³/mol. The Morgan fingerprint density at radius 1 is 1.25 bits per heavy atom. The van der Waals surface area contributed by atoms with E-state index in [4.69, 9.17) is 4.74 Å². The molecular weight excluding hydrogens is 300 g/mol. The average molecular weight is 324 g/mol. The minimum Gasteiger partial charge on any atom is -0.493 e. The highest BCUT2D eigenvalue weighted by molar-refractivity contribution is 5.70. The first-order chi connectivity index (χ1) is 11.7. The van der Waals surface area contributed by atoms with E-state index in [0.29, 0.717) is 18.6 Å². The number of nitrogens with one attached hydrogen (secondary N) is 1. The van der Waals surface area contributed by atoms with Crippen LogP contribution >= 0.6 is 0 Å². The highest BCUT2D eigenvalue weighted by Crippen LogP contribution is 2.41. The summed E-state index contributed by atoms with van der Waals surface area (Å²) in [6.45, 7) is 6.39. The molecule has 4 nitrogen and oxygen atoms in total. The first-order valence-corrected chi connectivity index (χ1v) is 8.90. The van der Waals surface area contributed by atoms with E-state index in [9.17, 15) is 4.79 Å². The van der Waals surface area contributed by atoms with E-state index in [0.717, 1.165) is 48.4 Å². The normalized spacial score (nSPS) is 22.1. The molecule has 2 aromatic rings. The van der Waals surface area contributed by atoms with Crippen molar-refractivity contribution < 1.29 is 4.74 Å². The number of hydrogen-bond acceptors (Lipinski definition) is 3. The molecule has 1 aromatic carbocycles. The van der Waals surface area contributed by atoms with Crippen molar-refractivity contribution in [3.05, 3.63) is 51.9 Å². The maximum atomic E-state index is 13.2. The van der Waals surface area contributed by atoms with E-state index < -0.39 is 0 Å². The number of ether oxygens (including phenoxy) is 1. The van der Waals surface area contributed by atoms with Crippen LogP contribution in [-0.2, 0) is 6.54 Å². The molecule has 4 rings (SSSR count). The summed E-state index contributed by atoms with van der Waals surface area (Å²) >= 11 is 0. The summed E-state index contributed by atoms with van der Waals surface area (Å²) in [6.07, 6.45) is 2.14. The molecule has 1 N–H and O–H groups in total. The van der Waals surface area contributed by atoms with Gasteiger partial charge in [-0.1, -0.05) is 11.6 Å². The van der Waals surface area contributed by atoms with Crippen LogP contribution in [-0.4, -0.2) is 23.8 Å². The molecule has 4 heteroatoms. The summed E-state index contributed by atoms with van der Waals surface area (Å²) in [5.41, 5.74) is 4.09. The molecule has 24 heavy (non-hydrogen) atoms. The fraction of sp³-hybridized carbons (Fsp3) is 0.450. The van der Waals surface area contributed by atoms with Gasteiger partial charge in [0.2, 0.25) is 0 Å². The topological polar surface area (TPSA) is 43.3 Å². The lowest BCUT2D eigenvalue weighted by Gasteiger charge is -2.19. The van der Waals surface area contributed by atoms with Gasteiger partial charge >= 0.3 is 0 Å². The molecule has 2 unspecified atom stereocenters. The van der Waals surface area contributed by atoms with Gasteiger partial charge in [0.15, 0.2) is 0 Å². The molecule has 0 spiro atoms. The van der Waals surface area contributed by atoms with Crippen LogP contribution in [0.3, 0.4) is 0 Å². The van der Waals surface area contributed by atoms with E-state index in [2.05, 4.69) is 17.4 Å². The maximum absolute atomic E-state index is 13.2. The number of aromatic nitrogens is 1. The van der Waals surface area contributed by atoms with Gasteiger partial charge in [0, 0.05) is 29.8 Å². The van der Waals surface area contributed by atoms with Crippen LogP contribution < -0.4 is 15.6 Å². The third-order valence-corrected chi connectivity index (χ3v) is 5.07. The molecule has 0 bridgehead atoms. The van der Waals surface area contributed by atoms with Crippen LogP contribution in [0.25, 0.3) is 11.1 Å². The van der Waals surface area contributed by atoms with Crippen LogP contribution in [0.4, 0.5) is 0 Å². The molecule has 2 aliphatic rings. The van der Waals surface area contributed by atoms with Gasteiger partial charge in [-0.3, -0.25) is 4.79 Å². The summed E-state index contributed by atoms with van der Waals surface area (Å²) in [7, 11) is 0. The van der Waals surface area contributed by atoms with Crippen molar-refractivity contribution in [1.82, 2.24) is 9.88 Å². The second kappa shape index (κ2) is 6.10. The molecule has 126 valence electrons. The number of fused-ring (bicyclic) bond motifs is 3. The summed E-state index contributed by atoms with van der Waals surface area (Å²) < 4.78 is 7.76. The van der Waals surface area contributed by atoms with E-state index in [1.165, 1.54) is 5.69 Å². The second-order valence-electron chi connectivity index (χ2n) is 6.82. The van der Waals surface area contributed by atoms with E-state index in [-0.39, 0.29) is 5.56 Å². The van der Waals surface area contributed by atoms with E-state index in [1.807, 2.05) is 36.6 Å². The van der Waals surface area contributed by atoms with Gasteiger partial charge in [0.25, 0.3) is 5.56 Å². The van der Waals surface area contributed by atoms with Crippen LogP contribution in [0.5, 0.6) is 5.75 Å². The van der Waals surface area contributed by atoms with Crippen molar-refractivity contribution in [3.63, 3.8) is 0 Å². The molecule has 1 aliphatic carbocycles. The SMILES string of the molecule is CCOc1ccc(C)cc1-c1ccc2n(c1=O)CCCNC1CC21. The van der Waals surface area contributed by atoms with Crippen molar-refractivity contribution in [2.45, 2.75) is 45.2 Å². The lowest BCUT2D eigenvalue weighted by Crippen LogP contribution is -2.30. The molecule has 1 fully saturated rings. The smallest absolute Gasteiger partial charge is 0.258 e. The largest absolute Gasteiger partial charge is 0.493 e. The molecule has 0 amide bonds. The Morgan fingerprint density at radius 3 is 2.96 bits per heavy atom. The quantitative estimate of drug-likeness (QED) is 0.943. The third-order valence-electron chi connectivity index (χ3n) is 5.07. The van der Waals surface area contributed by atoms with Crippen molar-refractivity contribution in [2.24, 2.45) is 0 Å². The molecule has 0 saturated heterocycles. The number of pyridine rings is 1. The monoisotopic (exact) mass is 324 g/mol. The maximum Gasteiger partial charge on any atom is 0.258 e. The summed E-state index contributed by atoms with van der Waals surface area (Å²) in [5, 5.41) is 3.56. The number of hydrogen-bond donors (Lipinski definition) is 1. The van der Waals surface area contributed by atoms with E-state index >= 15 is 0 Å². The first kappa shape index (κ1) is 15.5. The number of aryl methyl sites for hydroxylation is 1.